The number of hydrogen-bond acceptors (Lipinski definition) is 2. The smallest absolute Gasteiger partial charge is 0.251 e. The summed E-state index contributed by atoms with van der Waals surface area (Å²) in [5.41, 5.74) is 0.186. The minimum Gasteiger partial charge on any atom is -0.308 e. The number of hydrogen-bond donors (Lipinski definition) is 0. The second kappa shape index (κ2) is 7.11. The molecule has 0 aliphatic heterocycles. The van der Waals surface area contributed by atoms with Crippen LogP contribution in [0.3, 0.4) is 0 Å². The fourth-order valence-corrected chi connectivity index (χ4v) is 3.16. The van der Waals surface area contributed by atoms with Crippen molar-refractivity contribution in [3.63, 3.8) is 0 Å². The van der Waals surface area contributed by atoms with E-state index >= 15 is 0 Å². The van der Waals surface area contributed by atoms with Gasteiger partial charge >= 0.3 is 0 Å². The third kappa shape index (κ3) is 3.00. The highest BCUT2D eigenvalue weighted by Crippen LogP contribution is 2.37. The van der Waals surface area contributed by atoms with Gasteiger partial charge in [-0.3, -0.25) is 4.79 Å². The van der Waals surface area contributed by atoms with Crippen molar-refractivity contribution in [2.45, 2.75) is 13.5 Å². The molecule has 0 saturated heterocycles. The van der Waals surface area contributed by atoms with Gasteiger partial charge in [0.05, 0.1) is 22.9 Å². The molecule has 0 atom stereocenters. The first kappa shape index (κ1) is 17.8. The Morgan fingerprint density at radius 1 is 1.08 bits per heavy atom. The van der Waals surface area contributed by atoms with Crippen LogP contribution in [0, 0.1) is 23.0 Å². The third-order valence-corrected chi connectivity index (χ3v) is 4.40. The Balaban J connectivity index is 2.45. The molecule has 0 N–H and O–H groups in total. The van der Waals surface area contributed by atoms with Crippen molar-refractivity contribution in [2.24, 2.45) is 0 Å². The summed E-state index contributed by atoms with van der Waals surface area (Å²) >= 11 is 6.26. The number of pyridine rings is 1. The Bertz CT molecular complexity index is 1080. The Morgan fingerprint density at radius 3 is 2.31 bits per heavy atom. The van der Waals surface area contributed by atoms with Gasteiger partial charge in [0.2, 0.25) is 0 Å². The average molecular weight is 371 g/mol. The maximum atomic E-state index is 14.7. The van der Waals surface area contributed by atoms with Gasteiger partial charge in [-0.2, -0.15) is 5.26 Å². The number of benzene rings is 2. The van der Waals surface area contributed by atoms with Crippen molar-refractivity contribution in [1.82, 2.24) is 4.57 Å². The molecule has 3 aromatic rings. The molecule has 0 spiro atoms. The molecule has 1 aromatic heterocycles. The van der Waals surface area contributed by atoms with E-state index < -0.39 is 11.6 Å². The monoisotopic (exact) mass is 370 g/mol. The van der Waals surface area contributed by atoms with Crippen LogP contribution in [0.2, 0.25) is 5.02 Å². The number of aromatic nitrogens is 1. The normalized spacial score (nSPS) is 10.6. The highest BCUT2D eigenvalue weighted by molar-refractivity contribution is 6.33. The molecule has 1 heterocycles. The van der Waals surface area contributed by atoms with Crippen LogP contribution in [0.15, 0.2) is 53.3 Å². The Hall–Kier alpha value is -2.97. The summed E-state index contributed by atoms with van der Waals surface area (Å²) < 4.78 is 30.7. The zero-order valence-corrected chi connectivity index (χ0v) is 14.5. The maximum absolute atomic E-state index is 14.7. The van der Waals surface area contributed by atoms with E-state index in [4.69, 9.17) is 16.9 Å². The van der Waals surface area contributed by atoms with Crippen molar-refractivity contribution in [2.75, 3.05) is 0 Å². The molecule has 26 heavy (non-hydrogen) atoms. The fourth-order valence-electron chi connectivity index (χ4n) is 2.92. The zero-order valence-electron chi connectivity index (χ0n) is 13.8. The first-order chi connectivity index (χ1) is 12.5. The second-order valence-corrected chi connectivity index (χ2v) is 5.99. The van der Waals surface area contributed by atoms with Gasteiger partial charge < -0.3 is 4.57 Å². The molecule has 0 unspecified atom stereocenters. The van der Waals surface area contributed by atoms with Crippen molar-refractivity contribution < 1.29 is 8.78 Å². The first-order valence-corrected chi connectivity index (χ1v) is 8.24. The SMILES string of the molecule is CCn1c(-c2c(F)cc(C#N)cc2F)c(-c2ccccc2Cl)ccc1=O. The standard InChI is InChI=1S/C20H13ClF2N2O/c1-2-25-18(26)8-7-14(13-5-3-4-6-15(13)21)20(25)19-16(22)9-12(11-24)10-17(19)23/h3-10H,2H2,1H3. The number of rotatable bonds is 3. The van der Waals surface area contributed by atoms with Crippen LogP contribution in [0.1, 0.15) is 12.5 Å². The lowest BCUT2D eigenvalue weighted by Crippen LogP contribution is -2.21. The van der Waals surface area contributed by atoms with Crippen LogP contribution in [-0.4, -0.2) is 4.57 Å². The zero-order chi connectivity index (χ0) is 18.8. The minimum atomic E-state index is -0.914. The Morgan fingerprint density at radius 2 is 1.73 bits per heavy atom. The minimum absolute atomic E-state index is 0.0904. The largest absolute Gasteiger partial charge is 0.308 e. The second-order valence-electron chi connectivity index (χ2n) is 5.58. The summed E-state index contributed by atoms with van der Waals surface area (Å²) in [5, 5.41) is 9.30. The molecule has 2 aromatic carbocycles. The molecule has 3 nitrogen and oxygen atoms in total. The fraction of sp³-hybridized carbons (Fsp3) is 0.100. The van der Waals surface area contributed by atoms with E-state index in [2.05, 4.69) is 0 Å². The lowest BCUT2D eigenvalue weighted by Gasteiger charge is -2.18. The van der Waals surface area contributed by atoms with E-state index in [9.17, 15) is 13.6 Å². The van der Waals surface area contributed by atoms with E-state index in [1.807, 2.05) is 0 Å². The van der Waals surface area contributed by atoms with Crippen LogP contribution < -0.4 is 5.56 Å². The van der Waals surface area contributed by atoms with Crippen LogP contribution in [-0.2, 0) is 6.54 Å². The summed E-state index contributed by atoms with van der Waals surface area (Å²) in [4.78, 5) is 12.3. The molecular weight excluding hydrogens is 358 g/mol. The lowest BCUT2D eigenvalue weighted by molar-refractivity contribution is 0.583. The highest BCUT2D eigenvalue weighted by atomic mass is 35.5. The molecule has 0 saturated carbocycles. The van der Waals surface area contributed by atoms with Crippen molar-refractivity contribution in [1.29, 1.82) is 5.26 Å². The van der Waals surface area contributed by atoms with E-state index in [1.54, 1.807) is 37.3 Å². The van der Waals surface area contributed by atoms with Gasteiger partial charge in [0.25, 0.3) is 5.56 Å². The molecule has 0 bridgehead atoms. The average Bonchev–Trinajstić information content (AvgIpc) is 2.62. The highest BCUT2D eigenvalue weighted by Gasteiger charge is 2.22. The molecule has 0 radical (unpaired) electrons. The lowest BCUT2D eigenvalue weighted by atomic mass is 9.97. The third-order valence-electron chi connectivity index (χ3n) is 4.07. The molecule has 0 aliphatic carbocycles. The van der Waals surface area contributed by atoms with Gasteiger partial charge in [0.15, 0.2) is 0 Å². The van der Waals surface area contributed by atoms with Crippen molar-refractivity contribution >= 4 is 11.6 Å². The molecule has 0 fully saturated rings. The summed E-state index contributed by atoms with van der Waals surface area (Å²) in [6.07, 6.45) is 0. The van der Waals surface area contributed by atoms with Crippen LogP contribution in [0.5, 0.6) is 0 Å². The molecule has 3 rings (SSSR count). The van der Waals surface area contributed by atoms with Gasteiger partial charge in [0.1, 0.15) is 11.6 Å². The van der Waals surface area contributed by atoms with Crippen LogP contribution in [0.4, 0.5) is 8.78 Å². The molecular formula is C20H13ClF2N2O. The number of nitrogens with zero attached hydrogens (tertiary/aromatic N) is 2. The summed E-state index contributed by atoms with van der Waals surface area (Å²) in [7, 11) is 0. The van der Waals surface area contributed by atoms with Crippen LogP contribution >= 0.6 is 11.6 Å². The number of halogens is 3. The Kier molecular flexibility index (Phi) is 4.88. The van der Waals surface area contributed by atoms with Gasteiger partial charge in [-0.05, 0) is 31.2 Å². The first-order valence-electron chi connectivity index (χ1n) is 7.86. The van der Waals surface area contributed by atoms with E-state index in [1.165, 1.54) is 16.7 Å². The Labute approximate surface area is 153 Å². The van der Waals surface area contributed by atoms with Gasteiger partial charge in [0, 0.05) is 28.8 Å². The number of nitriles is 1. The predicted octanol–water partition coefficient (Wildman–Crippen LogP) is 5.01. The van der Waals surface area contributed by atoms with E-state index in [-0.39, 0.29) is 28.9 Å². The summed E-state index contributed by atoms with van der Waals surface area (Å²) in [6, 6.07) is 13.3. The van der Waals surface area contributed by atoms with Gasteiger partial charge in [-0.15, -0.1) is 0 Å². The van der Waals surface area contributed by atoms with E-state index in [0.29, 0.717) is 16.1 Å². The molecule has 130 valence electrons. The van der Waals surface area contributed by atoms with E-state index in [0.717, 1.165) is 12.1 Å². The molecule has 0 amide bonds. The van der Waals surface area contributed by atoms with Crippen molar-refractivity contribution in [3.05, 3.63) is 81.1 Å². The van der Waals surface area contributed by atoms with Crippen molar-refractivity contribution in [3.8, 4) is 28.5 Å². The predicted molar refractivity (Wildman–Crippen MR) is 96.9 cm³/mol. The molecule has 6 heteroatoms. The molecule has 0 aliphatic rings. The quantitative estimate of drug-likeness (QED) is 0.651. The van der Waals surface area contributed by atoms with Gasteiger partial charge in [-0.1, -0.05) is 29.8 Å². The topological polar surface area (TPSA) is 45.8 Å². The van der Waals surface area contributed by atoms with Gasteiger partial charge in [-0.25, -0.2) is 8.78 Å². The van der Waals surface area contributed by atoms with Crippen LogP contribution in [0.25, 0.3) is 22.4 Å². The summed E-state index contributed by atoms with van der Waals surface area (Å²) in [6.45, 7) is 1.92. The summed E-state index contributed by atoms with van der Waals surface area (Å²) in [5.74, 6) is -1.83. The maximum Gasteiger partial charge on any atom is 0.251 e.